The fourth-order valence-electron chi connectivity index (χ4n) is 5.51. The number of carbonyl (C=O) groups is 1. The third-order valence-electron chi connectivity index (χ3n) is 7.38. The molecule has 36 heavy (non-hydrogen) atoms. The van der Waals surface area contributed by atoms with Gasteiger partial charge in [0.1, 0.15) is 11.4 Å². The summed E-state index contributed by atoms with van der Waals surface area (Å²) in [5, 5.41) is 0. The molecule has 186 valence electrons. The van der Waals surface area contributed by atoms with E-state index in [1.54, 1.807) is 24.4 Å². The molecule has 1 saturated carbocycles. The number of morpholine rings is 1. The highest BCUT2D eigenvalue weighted by molar-refractivity contribution is 5.97. The average Bonchev–Trinajstić information content (AvgIpc) is 3.26. The standard InChI is InChI=1S/C27H24F3N3O3/c1-15-13-32(14-31-15)21-4-3-16(9-22(21)35-2)10-23-26(34)33-20(5-6-24(33)27(36-23)7-8-27)17-11-18(28)25(30)19(29)12-17/h3-4,9-14,20,24H,5-8H2,1-2H3/t20-,24+/m0/s1. The van der Waals surface area contributed by atoms with E-state index in [0.717, 1.165) is 36.4 Å². The van der Waals surface area contributed by atoms with Gasteiger partial charge in [0, 0.05) is 6.20 Å². The summed E-state index contributed by atoms with van der Waals surface area (Å²) in [6.45, 7) is 1.90. The van der Waals surface area contributed by atoms with E-state index in [2.05, 4.69) is 4.98 Å². The van der Waals surface area contributed by atoms with Crippen LogP contribution in [0.15, 0.2) is 48.6 Å². The zero-order chi connectivity index (χ0) is 25.2. The van der Waals surface area contributed by atoms with E-state index in [4.69, 9.17) is 9.47 Å². The molecule has 1 spiro atoms. The van der Waals surface area contributed by atoms with Crippen LogP contribution in [0, 0.1) is 24.4 Å². The number of hydrogen-bond acceptors (Lipinski definition) is 4. The lowest BCUT2D eigenvalue weighted by Gasteiger charge is -2.41. The number of rotatable bonds is 4. The second kappa shape index (κ2) is 8.15. The van der Waals surface area contributed by atoms with Crippen molar-refractivity contribution in [2.45, 2.75) is 50.3 Å². The number of amides is 1. The molecule has 2 atom stereocenters. The Morgan fingerprint density at radius 1 is 1.14 bits per heavy atom. The lowest BCUT2D eigenvalue weighted by atomic mass is 10.0. The van der Waals surface area contributed by atoms with Gasteiger partial charge in [-0.15, -0.1) is 0 Å². The minimum atomic E-state index is -1.51. The van der Waals surface area contributed by atoms with Crippen molar-refractivity contribution in [3.05, 3.63) is 82.9 Å². The maximum atomic E-state index is 14.0. The minimum absolute atomic E-state index is 0.173. The summed E-state index contributed by atoms with van der Waals surface area (Å²) in [6.07, 6.45) is 8.01. The van der Waals surface area contributed by atoms with E-state index < -0.39 is 29.1 Å². The highest BCUT2D eigenvalue weighted by atomic mass is 19.2. The van der Waals surface area contributed by atoms with Crippen molar-refractivity contribution in [2.75, 3.05) is 7.11 Å². The zero-order valence-electron chi connectivity index (χ0n) is 19.8. The lowest BCUT2D eigenvalue weighted by molar-refractivity contribution is -0.148. The molecule has 1 aromatic heterocycles. The Balaban J connectivity index is 1.36. The van der Waals surface area contributed by atoms with Crippen LogP contribution in [0.2, 0.25) is 0 Å². The largest absolute Gasteiger partial charge is 0.495 e. The number of hydrogen-bond donors (Lipinski definition) is 0. The van der Waals surface area contributed by atoms with Crippen LogP contribution in [0.4, 0.5) is 13.2 Å². The molecule has 2 saturated heterocycles. The monoisotopic (exact) mass is 495 g/mol. The summed E-state index contributed by atoms with van der Waals surface area (Å²) >= 11 is 0. The van der Waals surface area contributed by atoms with Crippen LogP contribution in [0.1, 0.15) is 48.5 Å². The molecular weight excluding hydrogens is 471 g/mol. The zero-order valence-corrected chi connectivity index (χ0v) is 19.8. The molecule has 6 nitrogen and oxygen atoms in total. The summed E-state index contributed by atoms with van der Waals surface area (Å²) in [4.78, 5) is 19.5. The first kappa shape index (κ1) is 22.7. The number of carbonyl (C=O) groups excluding carboxylic acids is 1. The Labute approximate surface area is 206 Å². The third kappa shape index (κ3) is 3.56. The molecule has 2 aliphatic heterocycles. The Hall–Kier alpha value is -3.75. The van der Waals surface area contributed by atoms with Gasteiger partial charge < -0.3 is 18.9 Å². The van der Waals surface area contributed by atoms with Crippen molar-refractivity contribution in [1.29, 1.82) is 0 Å². The van der Waals surface area contributed by atoms with Crippen LogP contribution in [0.5, 0.6) is 5.75 Å². The quantitative estimate of drug-likeness (QED) is 0.367. The Morgan fingerprint density at radius 2 is 1.89 bits per heavy atom. The molecule has 0 bridgehead atoms. The fraction of sp³-hybridized carbons (Fsp3) is 0.333. The first-order valence-electron chi connectivity index (χ1n) is 11.9. The first-order valence-corrected chi connectivity index (χ1v) is 11.9. The summed E-state index contributed by atoms with van der Waals surface area (Å²) in [7, 11) is 1.57. The van der Waals surface area contributed by atoms with Crippen LogP contribution in [0.3, 0.4) is 0 Å². The maximum absolute atomic E-state index is 14.0. The second-order valence-electron chi connectivity index (χ2n) is 9.65. The fourth-order valence-corrected chi connectivity index (χ4v) is 5.51. The van der Waals surface area contributed by atoms with E-state index in [1.807, 2.05) is 35.9 Å². The van der Waals surface area contributed by atoms with Crippen LogP contribution in [0.25, 0.3) is 11.8 Å². The maximum Gasteiger partial charge on any atom is 0.289 e. The van der Waals surface area contributed by atoms with Crippen LogP contribution in [-0.2, 0) is 9.53 Å². The molecule has 9 heteroatoms. The number of benzene rings is 2. The molecule has 3 aliphatic rings. The molecule has 0 unspecified atom stereocenters. The van der Waals surface area contributed by atoms with E-state index in [1.165, 1.54) is 0 Å². The Kier molecular flexibility index (Phi) is 5.14. The summed E-state index contributed by atoms with van der Waals surface area (Å²) in [5.41, 5.74) is 2.13. The van der Waals surface area contributed by atoms with Crippen molar-refractivity contribution in [2.24, 2.45) is 0 Å². The van der Waals surface area contributed by atoms with Crippen molar-refractivity contribution in [3.8, 4) is 11.4 Å². The number of imidazole rings is 1. The van der Waals surface area contributed by atoms with Gasteiger partial charge in [-0.3, -0.25) is 4.79 Å². The van der Waals surface area contributed by atoms with Gasteiger partial charge in [-0.2, -0.15) is 0 Å². The van der Waals surface area contributed by atoms with Crippen molar-refractivity contribution in [1.82, 2.24) is 14.5 Å². The van der Waals surface area contributed by atoms with Crippen molar-refractivity contribution in [3.63, 3.8) is 0 Å². The highest BCUT2D eigenvalue weighted by Gasteiger charge is 2.62. The number of aryl methyl sites for hydroxylation is 1. The van der Waals surface area contributed by atoms with Gasteiger partial charge in [0.2, 0.25) is 0 Å². The van der Waals surface area contributed by atoms with Gasteiger partial charge in [0.05, 0.1) is 36.9 Å². The molecule has 1 aliphatic carbocycles. The number of nitrogens with zero attached hydrogens (tertiary/aromatic N) is 3. The topological polar surface area (TPSA) is 56.6 Å². The van der Waals surface area contributed by atoms with Gasteiger partial charge in [-0.05, 0) is 74.1 Å². The predicted octanol–water partition coefficient (Wildman–Crippen LogP) is 5.24. The van der Waals surface area contributed by atoms with Crippen LogP contribution < -0.4 is 4.74 Å². The van der Waals surface area contributed by atoms with Gasteiger partial charge in [0.25, 0.3) is 5.91 Å². The highest BCUT2D eigenvalue weighted by Crippen LogP contribution is 2.56. The molecular formula is C27H24F3N3O3. The average molecular weight is 496 g/mol. The molecule has 3 heterocycles. The van der Waals surface area contributed by atoms with E-state index in [9.17, 15) is 18.0 Å². The number of aromatic nitrogens is 2. The van der Waals surface area contributed by atoms with Gasteiger partial charge in [-0.1, -0.05) is 6.07 Å². The molecule has 3 aromatic rings. The van der Waals surface area contributed by atoms with Gasteiger partial charge >= 0.3 is 0 Å². The smallest absolute Gasteiger partial charge is 0.289 e. The molecule has 3 fully saturated rings. The normalized spacial score (nSPS) is 23.2. The molecule has 6 rings (SSSR count). The first-order chi connectivity index (χ1) is 17.3. The molecule has 1 amide bonds. The molecule has 2 aromatic carbocycles. The SMILES string of the molecule is COc1cc(C=C2OC3(CC3)[C@H]3CC[C@@H](c4cc(F)c(F)c(F)c4)N3C2=O)ccc1-n1cnc(C)c1. The van der Waals surface area contributed by atoms with Crippen LogP contribution in [-0.4, -0.2) is 39.1 Å². The van der Waals surface area contributed by atoms with Gasteiger partial charge in [0.15, 0.2) is 23.2 Å². The Bertz CT molecular complexity index is 1390. The number of methoxy groups -OCH3 is 1. The summed E-state index contributed by atoms with van der Waals surface area (Å²) < 4.78 is 55.3. The van der Waals surface area contributed by atoms with Crippen molar-refractivity contribution >= 4 is 12.0 Å². The van der Waals surface area contributed by atoms with Crippen LogP contribution >= 0.6 is 0 Å². The second-order valence-corrected chi connectivity index (χ2v) is 9.65. The summed E-state index contributed by atoms with van der Waals surface area (Å²) in [6, 6.07) is 6.76. The van der Waals surface area contributed by atoms with Gasteiger partial charge in [-0.25, -0.2) is 18.2 Å². The summed E-state index contributed by atoms with van der Waals surface area (Å²) in [5.74, 6) is -3.60. The molecule has 0 N–H and O–H groups in total. The number of fused-ring (bicyclic) bond motifs is 2. The number of ether oxygens (including phenoxy) is 2. The van der Waals surface area contributed by atoms with E-state index >= 15 is 0 Å². The third-order valence-corrected chi connectivity index (χ3v) is 7.38. The molecule has 0 radical (unpaired) electrons. The predicted molar refractivity (Wildman–Crippen MR) is 125 cm³/mol. The Morgan fingerprint density at radius 3 is 2.53 bits per heavy atom. The minimum Gasteiger partial charge on any atom is -0.495 e. The number of halogens is 3. The lowest BCUT2D eigenvalue weighted by Crippen LogP contribution is -2.52. The van der Waals surface area contributed by atoms with Crippen molar-refractivity contribution < 1.29 is 27.4 Å². The van der Waals surface area contributed by atoms with E-state index in [0.29, 0.717) is 24.2 Å². The van der Waals surface area contributed by atoms with E-state index in [-0.39, 0.29) is 23.3 Å².